The number of benzene rings is 1. The van der Waals surface area contributed by atoms with E-state index in [1.165, 1.54) is 5.56 Å². The molecule has 0 atom stereocenters. The topological polar surface area (TPSA) is 26.3 Å². The molecule has 0 fully saturated rings. The zero-order chi connectivity index (χ0) is 15.7. The summed E-state index contributed by atoms with van der Waals surface area (Å²) in [5.74, 6) is 0.119. The van der Waals surface area contributed by atoms with Crippen LogP contribution < -0.4 is 4.74 Å². The van der Waals surface area contributed by atoms with E-state index in [9.17, 15) is 4.79 Å². The molecule has 1 aromatic rings. The monoisotopic (exact) mass is 296 g/mol. The lowest BCUT2D eigenvalue weighted by atomic mass is 9.78. The molecule has 0 spiro atoms. The van der Waals surface area contributed by atoms with Gasteiger partial charge in [-0.25, -0.2) is 0 Å². The zero-order valence-corrected chi connectivity index (χ0v) is 14.3. The van der Waals surface area contributed by atoms with Gasteiger partial charge in [-0.1, -0.05) is 59.2 Å². The highest BCUT2D eigenvalue weighted by molar-refractivity contribution is 6.26. The third-order valence-corrected chi connectivity index (χ3v) is 3.39. The van der Waals surface area contributed by atoms with Crippen LogP contribution in [0.3, 0.4) is 0 Å². The maximum absolute atomic E-state index is 11.7. The Hall–Kier alpha value is -1.02. The minimum absolute atomic E-state index is 0.103. The first-order valence-corrected chi connectivity index (χ1v) is 7.42. The average molecular weight is 297 g/mol. The van der Waals surface area contributed by atoms with Crippen LogP contribution in [0.2, 0.25) is 0 Å². The largest absolute Gasteiger partial charge is 0.425 e. The van der Waals surface area contributed by atoms with Gasteiger partial charge in [0.2, 0.25) is 0 Å². The molecule has 0 bridgehead atoms. The van der Waals surface area contributed by atoms with E-state index in [2.05, 4.69) is 60.6 Å². The van der Waals surface area contributed by atoms with Gasteiger partial charge >= 0.3 is 5.97 Å². The summed E-state index contributed by atoms with van der Waals surface area (Å²) in [4.78, 5) is 11.7. The molecule has 0 aliphatic rings. The van der Waals surface area contributed by atoms with Gasteiger partial charge in [0, 0.05) is 11.1 Å². The molecule has 1 rings (SSSR count). The summed E-state index contributed by atoms with van der Waals surface area (Å²) in [5, 5.41) is 0. The van der Waals surface area contributed by atoms with Gasteiger partial charge in [-0.05, 0) is 17.8 Å². The predicted molar refractivity (Wildman–Crippen MR) is 84.9 cm³/mol. The van der Waals surface area contributed by atoms with Crippen LogP contribution in [0.5, 0.6) is 5.75 Å². The molecule has 0 saturated carbocycles. The Morgan fingerprint density at radius 2 is 1.45 bits per heavy atom. The van der Waals surface area contributed by atoms with Crippen molar-refractivity contribution in [2.24, 2.45) is 0 Å². The highest BCUT2D eigenvalue weighted by Crippen LogP contribution is 2.40. The molecule has 0 heterocycles. The fourth-order valence-corrected chi connectivity index (χ4v) is 2.19. The Balaban J connectivity index is 3.58. The van der Waals surface area contributed by atoms with Crippen LogP contribution in [0.4, 0.5) is 0 Å². The van der Waals surface area contributed by atoms with Crippen molar-refractivity contribution in [2.75, 3.05) is 5.88 Å². The lowest BCUT2D eigenvalue weighted by molar-refractivity contribution is -0.131. The number of carbonyl (C=O) groups excluding carboxylic acids is 1. The van der Waals surface area contributed by atoms with E-state index in [1.807, 2.05) is 0 Å². The van der Waals surface area contributed by atoms with E-state index in [4.69, 9.17) is 16.3 Å². The molecule has 0 aliphatic heterocycles. The number of aryl methyl sites for hydroxylation is 1. The summed E-state index contributed by atoms with van der Waals surface area (Å²) < 4.78 is 5.56. The number of esters is 1. The zero-order valence-electron chi connectivity index (χ0n) is 13.6. The molecular formula is C17H25ClO2. The highest BCUT2D eigenvalue weighted by Gasteiger charge is 2.28. The first-order chi connectivity index (χ1) is 8.96. The first-order valence-electron chi connectivity index (χ1n) is 6.89. The van der Waals surface area contributed by atoms with E-state index in [0.29, 0.717) is 5.75 Å². The number of hydrogen-bond donors (Lipinski definition) is 0. The minimum Gasteiger partial charge on any atom is -0.425 e. The van der Waals surface area contributed by atoms with Crippen molar-refractivity contribution in [3.05, 3.63) is 28.8 Å². The first kappa shape index (κ1) is 17.0. The van der Waals surface area contributed by atoms with Crippen LogP contribution in [-0.4, -0.2) is 11.8 Å². The molecule has 0 saturated heterocycles. The number of alkyl halides is 1. The van der Waals surface area contributed by atoms with E-state index < -0.39 is 5.97 Å². The molecule has 0 aliphatic carbocycles. The fraction of sp³-hybridized carbons (Fsp3) is 0.588. The summed E-state index contributed by atoms with van der Waals surface area (Å²) in [6, 6.07) is 4.18. The minimum atomic E-state index is -0.411. The molecule has 20 heavy (non-hydrogen) atoms. The lowest BCUT2D eigenvalue weighted by Gasteiger charge is -2.29. The molecule has 1 aromatic carbocycles. The van der Waals surface area contributed by atoms with E-state index in [1.54, 1.807) is 0 Å². The van der Waals surface area contributed by atoms with Crippen LogP contribution in [-0.2, 0) is 15.6 Å². The predicted octanol–water partition coefficient (Wildman–Crippen LogP) is 4.73. The third kappa shape index (κ3) is 3.99. The van der Waals surface area contributed by atoms with Gasteiger partial charge in [0.15, 0.2) is 0 Å². The molecule has 0 unspecified atom stereocenters. The maximum atomic E-state index is 11.7. The van der Waals surface area contributed by atoms with Crippen molar-refractivity contribution < 1.29 is 9.53 Å². The molecule has 2 nitrogen and oxygen atoms in total. The van der Waals surface area contributed by atoms with Crippen molar-refractivity contribution >= 4 is 17.6 Å². The summed E-state index contributed by atoms with van der Waals surface area (Å²) in [7, 11) is 0. The highest BCUT2D eigenvalue weighted by atomic mass is 35.5. The van der Waals surface area contributed by atoms with E-state index in [0.717, 1.165) is 11.1 Å². The SMILES string of the molecule is Cc1cc(C(C)(C)C)c(OC(=O)CCl)c(C(C)(C)C)c1. The van der Waals surface area contributed by atoms with E-state index in [-0.39, 0.29) is 16.7 Å². The van der Waals surface area contributed by atoms with Gasteiger partial charge in [0.1, 0.15) is 11.6 Å². The fourth-order valence-electron chi connectivity index (χ4n) is 2.14. The Morgan fingerprint density at radius 1 is 1.05 bits per heavy atom. The number of carbonyl (C=O) groups is 1. The van der Waals surface area contributed by atoms with Gasteiger partial charge in [0.05, 0.1) is 0 Å². The van der Waals surface area contributed by atoms with Gasteiger partial charge < -0.3 is 4.74 Å². The second kappa shape index (κ2) is 5.77. The van der Waals surface area contributed by atoms with Crippen LogP contribution in [0.15, 0.2) is 12.1 Å². The van der Waals surface area contributed by atoms with E-state index >= 15 is 0 Å². The number of halogens is 1. The quantitative estimate of drug-likeness (QED) is 0.448. The smallest absolute Gasteiger partial charge is 0.326 e. The maximum Gasteiger partial charge on any atom is 0.326 e. The summed E-state index contributed by atoms with van der Waals surface area (Å²) >= 11 is 5.59. The molecule has 0 N–H and O–H groups in total. The van der Waals surface area contributed by atoms with Crippen LogP contribution in [0.25, 0.3) is 0 Å². The van der Waals surface area contributed by atoms with Gasteiger partial charge in [-0.3, -0.25) is 4.79 Å². The van der Waals surface area contributed by atoms with Crippen molar-refractivity contribution in [1.29, 1.82) is 0 Å². The normalized spacial score (nSPS) is 12.4. The van der Waals surface area contributed by atoms with Crippen molar-refractivity contribution in [2.45, 2.75) is 59.3 Å². The van der Waals surface area contributed by atoms with Crippen molar-refractivity contribution in [3.8, 4) is 5.75 Å². The second-order valence-electron chi connectivity index (χ2n) is 7.30. The van der Waals surface area contributed by atoms with Crippen molar-refractivity contribution in [1.82, 2.24) is 0 Å². The summed E-state index contributed by atoms with van der Waals surface area (Å²) in [6.45, 7) is 14.8. The van der Waals surface area contributed by atoms with Crippen LogP contribution >= 0.6 is 11.6 Å². The Labute approximate surface area is 127 Å². The third-order valence-electron chi connectivity index (χ3n) is 3.17. The number of rotatable bonds is 2. The van der Waals surface area contributed by atoms with Crippen LogP contribution in [0, 0.1) is 6.92 Å². The van der Waals surface area contributed by atoms with Crippen molar-refractivity contribution in [3.63, 3.8) is 0 Å². The molecule has 0 aromatic heterocycles. The molecule has 0 amide bonds. The Kier molecular flexibility index (Phi) is 4.91. The number of hydrogen-bond acceptors (Lipinski definition) is 2. The molecule has 3 heteroatoms. The molecule has 0 radical (unpaired) electrons. The Bertz CT molecular complexity index is 470. The summed E-state index contributed by atoms with van der Waals surface area (Å²) in [5.41, 5.74) is 3.05. The Morgan fingerprint density at radius 3 is 1.75 bits per heavy atom. The molecule has 112 valence electrons. The summed E-state index contributed by atoms with van der Waals surface area (Å²) in [6.07, 6.45) is 0. The van der Waals surface area contributed by atoms with Gasteiger partial charge in [-0.15, -0.1) is 11.6 Å². The average Bonchev–Trinajstić information content (AvgIpc) is 2.27. The van der Waals surface area contributed by atoms with Gasteiger partial charge in [-0.2, -0.15) is 0 Å². The molecular weight excluding hydrogens is 272 g/mol. The number of ether oxygens (including phenoxy) is 1. The lowest BCUT2D eigenvalue weighted by Crippen LogP contribution is -2.22. The van der Waals surface area contributed by atoms with Gasteiger partial charge in [0.25, 0.3) is 0 Å². The second-order valence-corrected chi connectivity index (χ2v) is 7.56. The standard InChI is InChI=1S/C17H25ClO2/c1-11-8-12(16(2,3)4)15(20-14(19)10-18)13(9-11)17(5,6)7/h8-9H,10H2,1-7H3. The van der Waals surface area contributed by atoms with Crippen LogP contribution in [0.1, 0.15) is 58.2 Å².